The summed E-state index contributed by atoms with van der Waals surface area (Å²) in [6.45, 7) is 5.60. The van der Waals surface area contributed by atoms with Crippen molar-refractivity contribution in [3.8, 4) is 0 Å². The average Bonchev–Trinajstić information content (AvgIpc) is 3.35. The molecule has 3 rings (SSSR count). The Balaban J connectivity index is 0.00000243. The first-order valence-electron chi connectivity index (χ1n) is 9.56. The van der Waals surface area contributed by atoms with Gasteiger partial charge in [-0.15, -0.1) is 24.0 Å². The fourth-order valence-electron chi connectivity index (χ4n) is 3.85. The molecular weight excluding hydrogens is 447 g/mol. The van der Waals surface area contributed by atoms with Crippen molar-refractivity contribution in [2.24, 2.45) is 16.8 Å². The maximum absolute atomic E-state index is 11.9. The summed E-state index contributed by atoms with van der Waals surface area (Å²) in [5, 5.41) is 3.46. The molecule has 3 atom stereocenters. The molecule has 26 heavy (non-hydrogen) atoms. The zero-order valence-electron chi connectivity index (χ0n) is 16.0. The second-order valence-electron chi connectivity index (χ2n) is 7.56. The lowest BCUT2D eigenvalue weighted by Crippen LogP contribution is -2.44. The van der Waals surface area contributed by atoms with Gasteiger partial charge in [-0.3, -0.25) is 4.79 Å². The molecule has 3 unspecified atom stereocenters. The molecular formula is C18H33IN4O3. The minimum Gasteiger partial charge on any atom is -0.381 e. The second-order valence-corrected chi connectivity index (χ2v) is 7.56. The number of aliphatic imine (C=N–C) groups is 1. The van der Waals surface area contributed by atoms with E-state index < -0.39 is 0 Å². The Labute approximate surface area is 173 Å². The SMILES string of the molecule is CN(C)C(=O)CN=C(NCC1CCCO1)N1CCC(C2CCOC2)C1.I. The molecule has 3 aliphatic rings. The van der Waals surface area contributed by atoms with E-state index in [2.05, 4.69) is 15.2 Å². The maximum atomic E-state index is 11.9. The fourth-order valence-corrected chi connectivity index (χ4v) is 3.85. The lowest BCUT2D eigenvalue weighted by atomic mass is 9.91. The fraction of sp³-hybridized carbons (Fsp3) is 0.889. The van der Waals surface area contributed by atoms with E-state index >= 15 is 0 Å². The number of hydrogen-bond donors (Lipinski definition) is 1. The largest absolute Gasteiger partial charge is 0.381 e. The van der Waals surface area contributed by atoms with E-state index in [0.717, 1.165) is 58.3 Å². The monoisotopic (exact) mass is 480 g/mol. The number of nitrogens with one attached hydrogen (secondary N) is 1. The van der Waals surface area contributed by atoms with Crippen LogP contribution in [0.5, 0.6) is 0 Å². The molecule has 1 N–H and O–H groups in total. The summed E-state index contributed by atoms with van der Waals surface area (Å²) in [7, 11) is 3.53. The summed E-state index contributed by atoms with van der Waals surface area (Å²) >= 11 is 0. The predicted octanol–water partition coefficient (Wildman–Crippen LogP) is 1.18. The molecule has 3 fully saturated rings. The Kier molecular flexibility index (Phi) is 8.89. The number of guanidine groups is 1. The molecule has 0 spiro atoms. The van der Waals surface area contributed by atoms with Gasteiger partial charge in [0.25, 0.3) is 0 Å². The number of halogens is 1. The normalized spacial score (nSPS) is 28.9. The number of ether oxygens (including phenoxy) is 2. The highest BCUT2D eigenvalue weighted by Crippen LogP contribution is 2.30. The molecule has 0 radical (unpaired) electrons. The van der Waals surface area contributed by atoms with Crippen molar-refractivity contribution in [3.05, 3.63) is 0 Å². The van der Waals surface area contributed by atoms with Crippen LogP contribution in [-0.4, -0.2) is 87.9 Å². The molecule has 0 aromatic rings. The number of nitrogens with zero attached hydrogens (tertiary/aromatic N) is 3. The zero-order valence-corrected chi connectivity index (χ0v) is 18.3. The van der Waals surface area contributed by atoms with Crippen LogP contribution in [0, 0.1) is 11.8 Å². The van der Waals surface area contributed by atoms with E-state index in [0.29, 0.717) is 11.8 Å². The van der Waals surface area contributed by atoms with Crippen molar-refractivity contribution >= 4 is 35.8 Å². The van der Waals surface area contributed by atoms with Gasteiger partial charge in [-0.2, -0.15) is 0 Å². The first-order chi connectivity index (χ1) is 12.1. The second kappa shape index (κ2) is 10.7. The molecule has 7 nitrogen and oxygen atoms in total. The molecule has 1 amide bonds. The van der Waals surface area contributed by atoms with Gasteiger partial charge in [-0.05, 0) is 37.5 Å². The third-order valence-electron chi connectivity index (χ3n) is 5.53. The Hall–Kier alpha value is -0.610. The van der Waals surface area contributed by atoms with Crippen molar-refractivity contribution < 1.29 is 14.3 Å². The number of hydrogen-bond acceptors (Lipinski definition) is 4. The van der Waals surface area contributed by atoms with Crippen LogP contribution >= 0.6 is 24.0 Å². The van der Waals surface area contributed by atoms with Gasteiger partial charge in [-0.25, -0.2) is 4.99 Å². The molecule has 150 valence electrons. The highest BCUT2D eigenvalue weighted by molar-refractivity contribution is 14.0. The van der Waals surface area contributed by atoms with Gasteiger partial charge in [0, 0.05) is 53.6 Å². The van der Waals surface area contributed by atoms with Crippen LogP contribution in [0.3, 0.4) is 0 Å². The summed E-state index contributed by atoms with van der Waals surface area (Å²) in [5.74, 6) is 2.22. The predicted molar refractivity (Wildman–Crippen MR) is 112 cm³/mol. The number of amides is 1. The third-order valence-corrected chi connectivity index (χ3v) is 5.53. The summed E-state index contributed by atoms with van der Waals surface area (Å²) in [4.78, 5) is 20.4. The molecule has 0 saturated carbocycles. The number of carbonyl (C=O) groups is 1. The highest BCUT2D eigenvalue weighted by atomic mass is 127. The number of likely N-dealkylation sites (tertiary alicyclic amines) is 1. The minimum atomic E-state index is 0. The van der Waals surface area contributed by atoms with E-state index in [9.17, 15) is 4.79 Å². The molecule has 0 bridgehead atoms. The summed E-state index contributed by atoms with van der Waals surface area (Å²) in [6.07, 6.45) is 4.84. The maximum Gasteiger partial charge on any atom is 0.243 e. The molecule has 3 saturated heterocycles. The highest BCUT2D eigenvalue weighted by Gasteiger charge is 2.33. The smallest absolute Gasteiger partial charge is 0.243 e. The summed E-state index contributed by atoms with van der Waals surface area (Å²) in [5.41, 5.74) is 0. The van der Waals surface area contributed by atoms with Crippen molar-refractivity contribution in [2.45, 2.75) is 31.8 Å². The van der Waals surface area contributed by atoms with E-state index in [1.165, 1.54) is 12.8 Å². The summed E-state index contributed by atoms with van der Waals surface area (Å²) < 4.78 is 11.3. The van der Waals surface area contributed by atoms with Gasteiger partial charge >= 0.3 is 0 Å². The lowest BCUT2D eigenvalue weighted by Gasteiger charge is -2.24. The Morgan fingerprint density at radius 1 is 1.23 bits per heavy atom. The Morgan fingerprint density at radius 3 is 2.73 bits per heavy atom. The van der Waals surface area contributed by atoms with Crippen molar-refractivity contribution in [1.82, 2.24) is 15.1 Å². The number of rotatable bonds is 5. The first-order valence-corrected chi connectivity index (χ1v) is 9.56. The van der Waals surface area contributed by atoms with Crippen LogP contribution in [0.1, 0.15) is 25.7 Å². The standard InChI is InChI=1S/C18H32N4O3.HI/c1-21(2)17(23)11-20-18(19-10-16-4-3-8-25-16)22-7-5-14(12-22)15-6-9-24-13-15;/h14-16H,3-13H2,1-2H3,(H,19,20);1H. The van der Waals surface area contributed by atoms with Crippen molar-refractivity contribution in [2.75, 3.05) is 60.1 Å². The van der Waals surface area contributed by atoms with E-state index in [1.54, 1.807) is 19.0 Å². The Bertz CT molecular complexity index is 477. The minimum absolute atomic E-state index is 0. The van der Waals surface area contributed by atoms with Crippen LogP contribution in [0.2, 0.25) is 0 Å². The van der Waals surface area contributed by atoms with Crippen LogP contribution in [-0.2, 0) is 14.3 Å². The van der Waals surface area contributed by atoms with Gasteiger partial charge in [0.05, 0.1) is 6.10 Å². The van der Waals surface area contributed by atoms with Crippen LogP contribution < -0.4 is 5.32 Å². The van der Waals surface area contributed by atoms with Crippen LogP contribution in [0.15, 0.2) is 4.99 Å². The van der Waals surface area contributed by atoms with Gasteiger partial charge in [0.15, 0.2) is 5.96 Å². The van der Waals surface area contributed by atoms with Gasteiger partial charge < -0.3 is 24.6 Å². The van der Waals surface area contributed by atoms with Gasteiger partial charge in [0.1, 0.15) is 6.54 Å². The van der Waals surface area contributed by atoms with Gasteiger partial charge in [0.2, 0.25) is 5.91 Å². The zero-order chi connectivity index (χ0) is 17.6. The molecule has 0 aromatic heterocycles. The van der Waals surface area contributed by atoms with E-state index in [4.69, 9.17) is 9.47 Å². The molecule has 3 aliphatic heterocycles. The molecule has 0 aliphatic carbocycles. The average molecular weight is 480 g/mol. The number of likely N-dealkylation sites (N-methyl/N-ethyl adjacent to an activating group) is 1. The van der Waals surface area contributed by atoms with Gasteiger partial charge in [-0.1, -0.05) is 0 Å². The van der Waals surface area contributed by atoms with Crippen molar-refractivity contribution in [1.29, 1.82) is 0 Å². The number of carbonyl (C=O) groups excluding carboxylic acids is 1. The molecule has 0 aromatic carbocycles. The third kappa shape index (κ3) is 5.95. The topological polar surface area (TPSA) is 66.4 Å². The lowest BCUT2D eigenvalue weighted by molar-refractivity contribution is -0.127. The Morgan fingerprint density at radius 2 is 2.08 bits per heavy atom. The van der Waals surface area contributed by atoms with E-state index in [1.807, 2.05) is 0 Å². The van der Waals surface area contributed by atoms with Crippen LogP contribution in [0.4, 0.5) is 0 Å². The molecule has 8 heteroatoms. The van der Waals surface area contributed by atoms with Crippen LogP contribution in [0.25, 0.3) is 0 Å². The summed E-state index contributed by atoms with van der Waals surface area (Å²) in [6, 6.07) is 0. The molecule has 3 heterocycles. The van der Waals surface area contributed by atoms with Crippen molar-refractivity contribution in [3.63, 3.8) is 0 Å². The first kappa shape index (κ1) is 21.7. The van der Waals surface area contributed by atoms with E-state index in [-0.39, 0.29) is 42.5 Å². The quantitative estimate of drug-likeness (QED) is 0.364.